The van der Waals surface area contributed by atoms with E-state index in [2.05, 4.69) is 35.6 Å². The molecule has 6 rings (SSSR count). The molecule has 3 aliphatic carbocycles. The summed E-state index contributed by atoms with van der Waals surface area (Å²) >= 11 is 1.68. The van der Waals surface area contributed by atoms with Gasteiger partial charge in [0.15, 0.2) is 5.84 Å². The van der Waals surface area contributed by atoms with Gasteiger partial charge in [0.05, 0.1) is 15.1 Å². The Morgan fingerprint density at radius 2 is 2.17 bits per heavy atom. The number of nitrogens with zero attached hydrogens (tertiary/aromatic N) is 3. The highest BCUT2D eigenvalue weighted by Crippen LogP contribution is 2.50. The molecule has 3 saturated carbocycles. The van der Waals surface area contributed by atoms with E-state index in [0.29, 0.717) is 5.92 Å². The fourth-order valence-corrected chi connectivity index (χ4v) is 6.12. The molecule has 24 heavy (non-hydrogen) atoms. The number of nitrogens with one attached hydrogen (secondary N) is 1. The number of thiophene rings is 1. The van der Waals surface area contributed by atoms with E-state index in [1.807, 2.05) is 12.1 Å². The molecule has 3 fully saturated rings. The van der Waals surface area contributed by atoms with Gasteiger partial charge < -0.3 is 4.90 Å². The number of hydrazone groups is 1. The molecule has 1 N–H and O–H groups in total. The summed E-state index contributed by atoms with van der Waals surface area (Å²) in [5, 5.41) is 15.2. The Labute approximate surface area is 145 Å². The van der Waals surface area contributed by atoms with E-state index in [9.17, 15) is 5.26 Å². The molecule has 2 aromatic rings. The van der Waals surface area contributed by atoms with Crippen LogP contribution in [0.5, 0.6) is 0 Å². The first-order chi connectivity index (χ1) is 11.7. The van der Waals surface area contributed by atoms with Crippen LogP contribution in [0.15, 0.2) is 29.4 Å². The van der Waals surface area contributed by atoms with E-state index >= 15 is 0 Å². The minimum absolute atomic E-state index is 0.0186. The normalized spacial score (nSPS) is 31.3. The Kier molecular flexibility index (Phi) is 2.96. The summed E-state index contributed by atoms with van der Waals surface area (Å²) in [6.45, 7) is 0. The molecular formula is C19H20N4S. The van der Waals surface area contributed by atoms with Crippen LogP contribution in [0.1, 0.15) is 42.5 Å². The largest absolute Gasteiger partial charge is 0.333 e. The lowest BCUT2D eigenvalue weighted by molar-refractivity contribution is -0.0196. The van der Waals surface area contributed by atoms with E-state index < -0.39 is 0 Å². The van der Waals surface area contributed by atoms with Crippen LogP contribution < -0.4 is 5.43 Å². The van der Waals surface area contributed by atoms with Crippen LogP contribution in [0.4, 0.5) is 0 Å². The summed E-state index contributed by atoms with van der Waals surface area (Å²) < 4.78 is 1.07. The lowest BCUT2D eigenvalue weighted by atomic mass is 9.64. The maximum absolute atomic E-state index is 9.34. The highest BCUT2D eigenvalue weighted by Gasteiger charge is 2.53. The van der Waals surface area contributed by atoms with Gasteiger partial charge in [0, 0.05) is 13.0 Å². The molecule has 122 valence electrons. The summed E-state index contributed by atoms with van der Waals surface area (Å²) in [4.78, 5) is 3.54. The molecule has 0 saturated heterocycles. The summed E-state index contributed by atoms with van der Waals surface area (Å²) in [5.74, 6) is 2.57. The molecule has 1 aliphatic heterocycles. The summed E-state index contributed by atoms with van der Waals surface area (Å²) in [7, 11) is 2.19. The molecule has 1 spiro atoms. The molecule has 2 heterocycles. The van der Waals surface area contributed by atoms with Crippen LogP contribution in [0.2, 0.25) is 0 Å². The average Bonchev–Trinajstić information content (AvgIpc) is 3.18. The second-order valence-electron chi connectivity index (χ2n) is 7.40. The van der Waals surface area contributed by atoms with Gasteiger partial charge in [-0.2, -0.15) is 10.4 Å². The third kappa shape index (κ3) is 1.81. The van der Waals surface area contributed by atoms with E-state index in [4.69, 9.17) is 5.10 Å². The van der Waals surface area contributed by atoms with Crippen molar-refractivity contribution in [2.45, 2.75) is 37.8 Å². The number of amidine groups is 1. The van der Waals surface area contributed by atoms with Gasteiger partial charge >= 0.3 is 0 Å². The van der Waals surface area contributed by atoms with Gasteiger partial charge in [0.25, 0.3) is 0 Å². The van der Waals surface area contributed by atoms with Crippen LogP contribution in [0, 0.1) is 23.2 Å². The molecule has 2 bridgehead atoms. The van der Waals surface area contributed by atoms with Gasteiger partial charge in [-0.05, 0) is 55.5 Å². The van der Waals surface area contributed by atoms with Gasteiger partial charge in [-0.25, -0.2) is 0 Å². The van der Waals surface area contributed by atoms with Gasteiger partial charge in [-0.15, -0.1) is 11.3 Å². The lowest BCUT2D eigenvalue weighted by Crippen LogP contribution is -2.62. The number of hydrogen-bond acceptors (Lipinski definition) is 5. The smallest absolute Gasteiger partial charge is 0.167 e. The maximum Gasteiger partial charge on any atom is 0.167 e. The predicted octanol–water partition coefficient (Wildman–Crippen LogP) is 3.88. The van der Waals surface area contributed by atoms with Crippen LogP contribution >= 0.6 is 11.3 Å². The number of nitriles is 1. The molecule has 1 aromatic heterocycles. The maximum atomic E-state index is 9.34. The van der Waals surface area contributed by atoms with Gasteiger partial charge in [-0.3, -0.25) is 5.43 Å². The standard InChI is InChI=1S/C19H20N4S/c1-23-18(16-9-13-3-2-4-14(11-20)17(13)24-16)21-22-19(23)10-12-5-7-15(19)8-6-12/h2-4,9,12,15,22H,5-8,10H2,1H3/t12?,15?,19-/m1/s1. The summed E-state index contributed by atoms with van der Waals surface area (Å²) in [6, 6.07) is 10.4. The Balaban J connectivity index is 1.54. The number of fused-ring (bicyclic) bond motifs is 3. The Morgan fingerprint density at radius 3 is 2.88 bits per heavy atom. The Hall–Kier alpha value is -2.06. The van der Waals surface area contributed by atoms with Crippen molar-refractivity contribution in [1.82, 2.24) is 10.3 Å². The van der Waals surface area contributed by atoms with Gasteiger partial charge in [-0.1, -0.05) is 12.1 Å². The van der Waals surface area contributed by atoms with Crippen molar-refractivity contribution in [1.29, 1.82) is 5.26 Å². The summed E-state index contributed by atoms with van der Waals surface area (Å²) in [6.07, 6.45) is 6.60. The number of hydrogen-bond donors (Lipinski definition) is 1. The molecule has 1 aromatic carbocycles. The van der Waals surface area contributed by atoms with Crippen LogP contribution in [0.3, 0.4) is 0 Å². The zero-order chi connectivity index (χ0) is 16.3. The fourth-order valence-electron chi connectivity index (χ4n) is 4.97. The van der Waals surface area contributed by atoms with Gasteiger partial charge in [0.1, 0.15) is 11.7 Å². The van der Waals surface area contributed by atoms with Crippen molar-refractivity contribution in [3.05, 3.63) is 34.7 Å². The van der Waals surface area contributed by atoms with Crippen LogP contribution in [-0.2, 0) is 0 Å². The molecule has 4 aliphatic rings. The monoisotopic (exact) mass is 336 g/mol. The van der Waals surface area contributed by atoms with Crippen molar-refractivity contribution in [2.75, 3.05) is 7.05 Å². The predicted molar refractivity (Wildman–Crippen MR) is 96.8 cm³/mol. The lowest BCUT2D eigenvalue weighted by Gasteiger charge is -2.52. The van der Waals surface area contributed by atoms with Gasteiger partial charge in [0.2, 0.25) is 0 Å². The zero-order valence-corrected chi connectivity index (χ0v) is 14.6. The minimum Gasteiger partial charge on any atom is -0.333 e. The first-order valence-corrected chi connectivity index (χ1v) is 9.54. The van der Waals surface area contributed by atoms with Crippen molar-refractivity contribution in [2.24, 2.45) is 16.9 Å². The van der Waals surface area contributed by atoms with Crippen molar-refractivity contribution >= 4 is 27.3 Å². The summed E-state index contributed by atoms with van der Waals surface area (Å²) in [5.41, 5.74) is 4.30. The quantitative estimate of drug-likeness (QED) is 0.860. The fraction of sp³-hybridized carbons (Fsp3) is 0.474. The Bertz CT molecular complexity index is 884. The first-order valence-electron chi connectivity index (χ1n) is 8.73. The third-order valence-corrected chi connectivity index (χ3v) is 7.46. The number of rotatable bonds is 1. The topological polar surface area (TPSA) is 51.4 Å². The second kappa shape index (κ2) is 4.97. The van der Waals surface area contributed by atoms with Crippen molar-refractivity contribution in [3.8, 4) is 6.07 Å². The minimum atomic E-state index is 0.0186. The van der Waals surface area contributed by atoms with Crippen molar-refractivity contribution < 1.29 is 0 Å². The van der Waals surface area contributed by atoms with Crippen LogP contribution in [0.25, 0.3) is 10.1 Å². The highest BCUT2D eigenvalue weighted by molar-refractivity contribution is 7.21. The first kappa shape index (κ1) is 14.3. The third-order valence-electron chi connectivity index (χ3n) is 6.28. The Morgan fingerprint density at radius 1 is 1.33 bits per heavy atom. The average molecular weight is 336 g/mol. The van der Waals surface area contributed by atoms with E-state index in [0.717, 1.165) is 32.3 Å². The molecule has 0 radical (unpaired) electrons. The van der Waals surface area contributed by atoms with Crippen LogP contribution in [-0.4, -0.2) is 23.4 Å². The molecule has 0 unspecified atom stereocenters. The van der Waals surface area contributed by atoms with E-state index in [1.54, 1.807) is 11.3 Å². The molecular weight excluding hydrogens is 316 g/mol. The highest BCUT2D eigenvalue weighted by atomic mass is 32.1. The van der Waals surface area contributed by atoms with E-state index in [1.165, 1.54) is 32.1 Å². The van der Waals surface area contributed by atoms with E-state index in [-0.39, 0.29) is 5.66 Å². The second-order valence-corrected chi connectivity index (χ2v) is 8.45. The zero-order valence-electron chi connectivity index (χ0n) is 13.7. The SMILES string of the molecule is CN1C(c2cc3cccc(C#N)c3s2)=NN[C@]12CC1CCC2CC1. The molecule has 5 heteroatoms. The molecule has 0 amide bonds. The molecule has 4 nitrogen and oxygen atoms in total. The van der Waals surface area contributed by atoms with Crippen molar-refractivity contribution in [3.63, 3.8) is 0 Å². The molecule has 1 atom stereocenters. The number of benzene rings is 1.